The number of rotatable bonds is 7. The predicted molar refractivity (Wildman–Crippen MR) is 134 cm³/mol. The quantitative estimate of drug-likeness (QED) is 0.558. The van der Waals surface area contributed by atoms with Gasteiger partial charge in [0.1, 0.15) is 13.2 Å². The second kappa shape index (κ2) is 12.9. The molecule has 0 saturated carbocycles. The zero-order chi connectivity index (χ0) is 26.1. The van der Waals surface area contributed by atoms with Crippen molar-refractivity contribution >= 4 is 24.0 Å². The molecule has 8 heteroatoms. The summed E-state index contributed by atoms with van der Waals surface area (Å²) in [6, 6.07) is 19.3. The predicted octanol–water partition coefficient (Wildman–Crippen LogP) is 4.61. The summed E-state index contributed by atoms with van der Waals surface area (Å²) >= 11 is 0. The molecule has 36 heavy (non-hydrogen) atoms. The number of ether oxygens (including phenoxy) is 2. The third-order valence-corrected chi connectivity index (χ3v) is 6.39. The maximum atomic E-state index is 12.2. The molecule has 3 atom stereocenters. The maximum absolute atomic E-state index is 12.2. The van der Waals surface area contributed by atoms with Crippen molar-refractivity contribution in [1.82, 2.24) is 9.80 Å². The van der Waals surface area contributed by atoms with E-state index in [0.717, 1.165) is 17.5 Å². The highest BCUT2D eigenvalue weighted by Gasteiger charge is 2.39. The van der Waals surface area contributed by atoms with Crippen LogP contribution in [0.15, 0.2) is 60.7 Å². The van der Waals surface area contributed by atoms with Crippen molar-refractivity contribution < 1.29 is 28.7 Å². The number of cyclic esters (lactones) is 2. The fourth-order valence-corrected chi connectivity index (χ4v) is 4.15. The standard InChI is InChI=1S/C15H19NO3.C13H15NO3/c1-3-11(2)14(17)16-13(10-19-15(16)18)9-12-7-5-4-6-8-12;1-2-12(15)14-11(9-17-13(14)16)8-10-6-4-3-5-7-10/h4-8,11,13H,3,9-10H2,1-2H3;3-7,11H,2,8-9H2,1H3/t11-,13+;11-/m01/s1. The minimum absolute atomic E-state index is 0.133. The van der Waals surface area contributed by atoms with E-state index in [1.807, 2.05) is 74.5 Å². The Bertz CT molecular complexity index is 1040. The third-order valence-electron chi connectivity index (χ3n) is 6.39. The molecule has 2 saturated heterocycles. The van der Waals surface area contributed by atoms with Gasteiger partial charge in [-0.3, -0.25) is 9.59 Å². The van der Waals surface area contributed by atoms with E-state index in [9.17, 15) is 19.2 Å². The van der Waals surface area contributed by atoms with Gasteiger partial charge < -0.3 is 9.47 Å². The minimum Gasteiger partial charge on any atom is -0.447 e. The molecule has 2 aromatic rings. The molecule has 0 unspecified atom stereocenters. The molecule has 0 radical (unpaired) electrons. The number of benzene rings is 2. The van der Waals surface area contributed by atoms with Gasteiger partial charge in [0.25, 0.3) is 0 Å². The van der Waals surface area contributed by atoms with Crippen LogP contribution in [0.25, 0.3) is 0 Å². The van der Waals surface area contributed by atoms with Crippen molar-refractivity contribution in [2.45, 2.75) is 58.5 Å². The molecule has 0 N–H and O–H groups in total. The number of nitrogens with zero attached hydrogens (tertiary/aromatic N) is 2. The first kappa shape index (κ1) is 26.9. The summed E-state index contributed by atoms with van der Waals surface area (Å²) in [5.74, 6) is -0.455. The number of hydrogen-bond donors (Lipinski definition) is 0. The Morgan fingerprint density at radius 3 is 1.69 bits per heavy atom. The smallest absolute Gasteiger partial charge is 0.416 e. The molecule has 2 fully saturated rings. The maximum Gasteiger partial charge on any atom is 0.416 e. The Kier molecular flexibility index (Phi) is 9.61. The monoisotopic (exact) mass is 494 g/mol. The highest BCUT2D eigenvalue weighted by molar-refractivity contribution is 5.94. The van der Waals surface area contributed by atoms with E-state index in [1.165, 1.54) is 9.80 Å². The second-order valence-electron chi connectivity index (χ2n) is 8.98. The van der Waals surface area contributed by atoms with E-state index in [0.29, 0.717) is 25.9 Å². The van der Waals surface area contributed by atoms with Crippen LogP contribution >= 0.6 is 0 Å². The lowest BCUT2D eigenvalue weighted by Crippen LogP contribution is -2.42. The summed E-state index contributed by atoms with van der Waals surface area (Å²) < 4.78 is 9.97. The van der Waals surface area contributed by atoms with Crippen molar-refractivity contribution in [3.05, 3.63) is 71.8 Å². The molecule has 8 nitrogen and oxygen atoms in total. The lowest BCUT2D eigenvalue weighted by molar-refractivity contribution is -0.133. The highest BCUT2D eigenvalue weighted by Crippen LogP contribution is 2.21. The van der Waals surface area contributed by atoms with Crippen LogP contribution in [0.4, 0.5) is 9.59 Å². The van der Waals surface area contributed by atoms with Gasteiger partial charge in [0.05, 0.1) is 12.1 Å². The summed E-state index contributed by atoms with van der Waals surface area (Å²) in [6.45, 7) is 6.10. The summed E-state index contributed by atoms with van der Waals surface area (Å²) in [4.78, 5) is 49.6. The van der Waals surface area contributed by atoms with E-state index >= 15 is 0 Å². The Morgan fingerprint density at radius 1 is 0.806 bits per heavy atom. The van der Waals surface area contributed by atoms with Gasteiger partial charge in [-0.1, -0.05) is 81.4 Å². The van der Waals surface area contributed by atoms with Crippen LogP contribution in [-0.4, -0.2) is 59.1 Å². The third kappa shape index (κ3) is 6.71. The van der Waals surface area contributed by atoms with Crippen molar-refractivity contribution in [3.63, 3.8) is 0 Å². The van der Waals surface area contributed by atoms with Crippen LogP contribution in [0.2, 0.25) is 0 Å². The Labute approximate surface area is 212 Å². The molecule has 4 amide bonds. The summed E-state index contributed by atoms with van der Waals surface area (Å²) in [5.41, 5.74) is 2.21. The SMILES string of the molecule is CCC(=O)N1C(=O)OC[C@H]1Cc1ccccc1.CC[C@H](C)C(=O)N1C(=O)OC[C@H]1Cc1ccccc1. The van der Waals surface area contributed by atoms with Crippen molar-refractivity contribution in [2.75, 3.05) is 13.2 Å². The number of carbonyl (C=O) groups excluding carboxylic acids is 4. The van der Waals surface area contributed by atoms with Crippen LogP contribution in [0, 0.1) is 5.92 Å². The average Bonchev–Trinajstić information content (AvgIpc) is 3.45. The van der Waals surface area contributed by atoms with Gasteiger partial charge in [0.2, 0.25) is 11.8 Å². The fourth-order valence-electron chi connectivity index (χ4n) is 4.15. The largest absolute Gasteiger partial charge is 0.447 e. The van der Waals surface area contributed by atoms with Gasteiger partial charge in [-0.05, 0) is 30.4 Å². The topological polar surface area (TPSA) is 93.2 Å². The van der Waals surface area contributed by atoms with Crippen LogP contribution in [0.3, 0.4) is 0 Å². The van der Waals surface area contributed by atoms with Gasteiger partial charge in [-0.25, -0.2) is 19.4 Å². The first-order chi connectivity index (χ1) is 17.3. The molecule has 4 rings (SSSR count). The Balaban J connectivity index is 0.000000202. The number of carbonyl (C=O) groups is 4. The van der Waals surface area contributed by atoms with E-state index in [2.05, 4.69) is 0 Å². The van der Waals surface area contributed by atoms with Crippen LogP contribution in [0.1, 0.15) is 44.7 Å². The number of amides is 4. The van der Waals surface area contributed by atoms with E-state index in [1.54, 1.807) is 6.92 Å². The molecule has 0 aliphatic carbocycles. The zero-order valence-corrected chi connectivity index (χ0v) is 21.1. The second-order valence-corrected chi connectivity index (χ2v) is 8.98. The van der Waals surface area contributed by atoms with Gasteiger partial charge in [0, 0.05) is 12.3 Å². The van der Waals surface area contributed by atoms with Crippen molar-refractivity contribution in [1.29, 1.82) is 0 Å². The molecular weight excluding hydrogens is 460 g/mol. The van der Waals surface area contributed by atoms with Crippen LogP contribution < -0.4 is 0 Å². The van der Waals surface area contributed by atoms with Gasteiger partial charge >= 0.3 is 12.2 Å². The fraction of sp³-hybridized carbons (Fsp3) is 0.429. The lowest BCUT2D eigenvalue weighted by atomic mass is 10.0. The molecular formula is C28H34N2O6. The molecule has 2 aliphatic heterocycles. The molecule has 2 heterocycles. The Morgan fingerprint density at radius 2 is 1.25 bits per heavy atom. The van der Waals surface area contributed by atoms with E-state index in [4.69, 9.17) is 9.47 Å². The van der Waals surface area contributed by atoms with Crippen molar-refractivity contribution in [3.8, 4) is 0 Å². The summed E-state index contributed by atoms with van der Waals surface area (Å²) in [7, 11) is 0. The average molecular weight is 495 g/mol. The molecule has 0 spiro atoms. The summed E-state index contributed by atoms with van der Waals surface area (Å²) in [5, 5.41) is 0. The summed E-state index contributed by atoms with van der Waals surface area (Å²) in [6.07, 6.45) is 1.32. The van der Waals surface area contributed by atoms with Gasteiger partial charge in [-0.15, -0.1) is 0 Å². The number of imide groups is 2. The first-order valence-corrected chi connectivity index (χ1v) is 12.4. The highest BCUT2D eigenvalue weighted by atomic mass is 16.6. The van der Waals surface area contributed by atoms with E-state index in [-0.39, 0.29) is 36.4 Å². The minimum atomic E-state index is -0.516. The lowest BCUT2D eigenvalue weighted by Gasteiger charge is -2.22. The number of hydrogen-bond acceptors (Lipinski definition) is 6. The van der Waals surface area contributed by atoms with E-state index < -0.39 is 12.2 Å². The zero-order valence-electron chi connectivity index (χ0n) is 21.1. The van der Waals surface area contributed by atoms with Crippen molar-refractivity contribution in [2.24, 2.45) is 5.92 Å². The van der Waals surface area contributed by atoms with Gasteiger partial charge in [-0.2, -0.15) is 0 Å². The molecule has 0 bridgehead atoms. The molecule has 2 aromatic carbocycles. The van der Waals surface area contributed by atoms with Gasteiger partial charge in [0.15, 0.2) is 0 Å². The van der Waals surface area contributed by atoms with Crippen LogP contribution in [0.5, 0.6) is 0 Å². The first-order valence-electron chi connectivity index (χ1n) is 12.4. The van der Waals surface area contributed by atoms with Crippen LogP contribution in [-0.2, 0) is 31.9 Å². The Hall–Kier alpha value is -3.68. The molecule has 2 aliphatic rings. The molecule has 0 aromatic heterocycles. The molecule has 192 valence electrons. The normalized spacial score (nSPS) is 19.8.